The largest absolute Gasteiger partial charge is 0.431 e. The number of fused-ring (bicyclic) bond motifs is 2. The summed E-state index contributed by atoms with van der Waals surface area (Å²) in [6.07, 6.45) is 0. The van der Waals surface area contributed by atoms with E-state index in [0.717, 1.165) is 16.6 Å². The number of H-pyrrole nitrogens is 1. The minimum Gasteiger partial charge on any atom is -0.431 e. The van der Waals surface area contributed by atoms with Gasteiger partial charge in [-0.1, -0.05) is 53.5 Å². The Morgan fingerprint density at radius 2 is 1.72 bits per heavy atom. The number of hydrogen-bond donors (Lipinski definition) is 1. The zero-order valence-electron chi connectivity index (χ0n) is 14.8. The molecular weight excluding hydrogens is 427 g/mol. The van der Waals surface area contributed by atoms with Gasteiger partial charge in [0.05, 0.1) is 5.03 Å². The first kappa shape index (κ1) is 18.3. The Hall–Kier alpha value is -2.73. The Morgan fingerprint density at radius 1 is 0.931 bits per heavy atom. The van der Waals surface area contributed by atoms with E-state index in [-0.39, 0.29) is 5.56 Å². The topological polar surface area (TPSA) is 58.9 Å². The van der Waals surface area contributed by atoms with E-state index in [0.29, 0.717) is 36.6 Å². The molecule has 0 saturated heterocycles. The first-order valence-corrected chi connectivity index (χ1v) is 10.3. The summed E-state index contributed by atoms with van der Waals surface area (Å²) >= 11 is 14.0. The van der Waals surface area contributed by atoms with Crippen molar-refractivity contribution < 1.29 is 4.42 Å². The van der Waals surface area contributed by atoms with Crippen LogP contribution in [0.5, 0.6) is 0 Å². The number of aromatic nitrogens is 2. The molecule has 0 atom stereocenters. The number of pyridine rings is 1. The highest BCUT2D eigenvalue weighted by atomic mass is 35.5. The highest BCUT2D eigenvalue weighted by Gasteiger charge is 2.19. The van der Waals surface area contributed by atoms with Gasteiger partial charge < -0.3 is 9.40 Å². The van der Waals surface area contributed by atoms with Crippen LogP contribution in [0.4, 0.5) is 0 Å². The maximum atomic E-state index is 12.7. The molecule has 0 aliphatic rings. The minimum absolute atomic E-state index is 0.217. The Labute approximate surface area is 179 Å². The highest BCUT2D eigenvalue weighted by Crippen LogP contribution is 2.41. The SMILES string of the molecule is O=c1[nH]c(Sc2nc3ccccc3o2)c(-c2ccccc2Cl)c2cc(Cl)ccc12. The van der Waals surface area contributed by atoms with E-state index < -0.39 is 0 Å². The van der Waals surface area contributed by atoms with Gasteiger partial charge in [-0.05, 0) is 53.5 Å². The predicted molar refractivity (Wildman–Crippen MR) is 118 cm³/mol. The molecule has 0 spiro atoms. The van der Waals surface area contributed by atoms with Gasteiger partial charge in [0, 0.05) is 26.6 Å². The third kappa shape index (κ3) is 3.31. The average Bonchev–Trinajstić information content (AvgIpc) is 3.11. The van der Waals surface area contributed by atoms with Crippen molar-refractivity contribution in [2.45, 2.75) is 10.2 Å². The van der Waals surface area contributed by atoms with E-state index in [1.165, 1.54) is 11.8 Å². The van der Waals surface area contributed by atoms with Crippen LogP contribution in [0.3, 0.4) is 0 Å². The van der Waals surface area contributed by atoms with Crippen LogP contribution in [0.15, 0.2) is 86.2 Å². The zero-order valence-corrected chi connectivity index (χ0v) is 17.1. The van der Waals surface area contributed by atoms with Crippen molar-refractivity contribution in [3.05, 3.63) is 87.1 Å². The van der Waals surface area contributed by atoms with Crippen LogP contribution in [-0.4, -0.2) is 9.97 Å². The molecule has 0 fully saturated rings. The van der Waals surface area contributed by atoms with Gasteiger partial charge in [0.25, 0.3) is 10.8 Å². The molecule has 4 nitrogen and oxygen atoms in total. The van der Waals surface area contributed by atoms with Crippen molar-refractivity contribution in [3.63, 3.8) is 0 Å². The van der Waals surface area contributed by atoms with Gasteiger partial charge in [0.2, 0.25) is 0 Å². The molecule has 5 rings (SSSR count). The van der Waals surface area contributed by atoms with Crippen LogP contribution in [0.25, 0.3) is 33.0 Å². The van der Waals surface area contributed by atoms with Crippen LogP contribution < -0.4 is 5.56 Å². The van der Waals surface area contributed by atoms with Crippen molar-refractivity contribution in [2.24, 2.45) is 0 Å². The quantitative estimate of drug-likeness (QED) is 0.336. The standard InChI is InChI=1S/C22H12Cl2N2O2S/c23-12-9-10-13-15(11-12)19(14-5-1-2-6-16(14)24)21(26-20(13)27)29-22-25-17-7-3-4-8-18(17)28-22/h1-11H,(H,26,27). The molecule has 0 amide bonds. The van der Waals surface area contributed by atoms with Crippen LogP contribution in [0.1, 0.15) is 0 Å². The molecule has 142 valence electrons. The monoisotopic (exact) mass is 438 g/mol. The summed E-state index contributed by atoms with van der Waals surface area (Å²) in [4.78, 5) is 20.2. The first-order chi connectivity index (χ1) is 14.1. The molecule has 3 aromatic carbocycles. The highest BCUT2D eigenvalue weighted by molar-refractivity contribution is 7.99. The summed E-state index contributed by atoms with van der Waals surface area (Å²) in [5, 5.41) is 3.37. The molecule has 0 aliphatic carbocycles. The molecule has 0 radical (unpaired) electrons. The van der Waals surface area contributed by atoms with E-state index in [9.17, 15) is 4.79 Å². The molecule has 2 heterocycles. The number of aromatic amines is 1. The van der Waals surface area contributed by atoms with Crippen molar-refractivity contribution in [1.82, 2.24) is 9.97 Å². The maximum Gasteiger partial charge on any atom is 0.263 e. The maximum absolute atomic E-state index is 12.7. The Kier molecular flexibility index (Phi) is 4.59. The number of oxazole rings is 1. The van der Waals surface area contributed by atoms with Crippen molar-refractivity contribution >= 4 is 56.8 Å². The van der Waals surface area contributed by atoms with E-state index in [2.05, 4.69) is 9.97 Å². The van der Waals surface area contributed by atoms with Crippen molar-refractivity contribution in [1.29, 1.82) is 0 Å². The van der Waals surface area contributed by atoms with Gasteiger partial charge in [-0.2, -0.15) is 0 Å². The summed E-state index contributed by atoms with van der Waals surface area (Å²) in [6, 6.07) is 20.2. The molecule has 0 bridgehead atoms. The molecule has 5 aromatic rings. The average molecular weight is 439 g/mol. The minimum atomic E-state index is -0.217. The zero-order chi connectivity index (χ0) is 20.0. The lowest BCUT2D eigenvalue weighted by Gasteiger charge is -2.13. The van der Waals surface area contributed by atoms with Gasteiger partial charge in [-0.25, -0.2) is 4.98 Å². The Morgan fingerprint density at radius 3 is 2.55 bits per heavy atom. The Bertz CT molecular complexity index is 1410. The fourth-order valence-corrected chi connectivity index (χ4v) is 4.58. The lowest BCUT2D eigenvalue weighted by atomic mass is 10.0. The van der Waals surface area contributed by atoms with Crippen LogP contribution in [-0.2, 0) is 0 Å². The predicted octanol–water partition coefficient (Wildman–Crippen LogP) is 6.79. The third-order valence-electron chi connectivity index (χ3n) is 4.56. The summed E-state index contributed by atoms with van der Waals surface area (Å²) < 4.78 is 5.84. The molecule has 0 unspecified atom stereocenters. The van der Waals surface area contributed by atoms with Gasteiger partial charge in [-0.3, -0.25) is 4.79 Å². The van der Waals surface area contributed by atoms with Crippen LogP contribution in [0, 0.1) is 0 Å². The number of nitrogens with one attached hydrogen (secondary N) is 1. The fraction of sp³-hybridized carbons (Fsp3) is 0. The van der Waals surface area contributed by atoms with Gasteiger partial charge >= 0.3 is 0 Å². The number of hydrogen-bond acceptors (Lipinski definition) is 4. The second-order valence-corrected chi connectivity index (χ2v) is 8.18. The third-order valence-corrected chi connectivity index (χ3v) is 5.98. The summed E-state index contributed by atoms with van der Waals surface area (Å²) in [7, 11) is 0. The van der Waals surface area contributed by atoms with E-state index in [1.54, 1.807) is 18.2 Å². The molecule has 1 N–H and O–H groups in total. The van der Waals surface area contributed by atoms with Crippen LogP contribution in [0.2, 0.25) is 10.0 Å². The molecule has 0 saturated carbocycles. The summed E-state index contributed by atoms with van der Waals surface area (Å²) in [6.45, 7) is 0. The second kappa shape index (κ2) is 7.26. The number of benzene rings is 3. The normalized spacial score (nSPS) is 11.4. The molecule has 29 heavy (non-hydrogen) atoms. The van der Waals surface area contributed by atoms with Crippen LogP contribution >= 0.6 is 35.0 Å². The Balaban J connectivity index is 1.79. The number of para-hydroxylation sites is 2. The van der Waals surface area contributed by atoms with Crippen molar-refractivity contribution in [3.8, 4) is 11.1 Å². The molecular formula is C22H12Cl2N2O2S. The lowest BCUT2D eigenvalue weighted by Crippen LogP contribution is -2.09. The van der Waals surface area contributed by atoms with E-state index in [1.807, 2.05) is 48.5 Å². The van der Waals surface area contributed by atoms with Crippen molar-refractivity contribution in [2.75, 3.05) is 0 Å². The fourth-order valence-electron chi connectivity index (χ4n) is 3.27. The number of nitrogens with zero attached hydrogens (tertiary/aromatic N) is 1. The van der Waals surface area contributed by atoms with E-state index >= 15 is 0 Å². The summed E-state index contributed by atoms with van der Waals surface area (Å²) in [5.74, 6) is 0. The molecule has 2 aromatic heterocycles. The lowest BCUT2D eigenvalue weighted by molar-refractivity contribution is 0.489. The molecule has 0 aliphatic heterocycles. The second-order valence-electron chi connectivity index (χ2n) is 6.38. The summed E-state index contributed by atoms with van der Waals surface area (Å²) in [5.41, 5.74) is 2.78. The number of rotatable bonds is 3. The number of halogens is 2. The molecule has 7 heteroatoms. The smallest absolute Gasteiger partial charge is 0.263 e. The van der Waals surface area contributed by atoms with Gasteiger partial charge in [-0.15, -0.1) is 0 Å². The van der Waals surface area contributed by atoms with Gasteiger partial charge in [0.1, 0.15) is 5.52 Å². The first-order valence-electron chi connectivity index (χ1n) is 8.74. The van der Waals surface area contributed by atoms with E-state index in [4.69, 9.17) is 27.6 Å². The van der Waals surface area contributed by atoms with Gasteiger partial charge in [0.15, 0.2) is 5.58 Å².